The number of methoxy groups -OCH3 is 1. The van der Waals surface area contributed by atoms with E-state index in [4.69, 9.17) is 14.2 Å². The molecule has 258 valence electrons. The fraction of sp³-hybridized carbons (Fsp3) is 0.611. The monoisotopic (exact) mass is 653 g/mol. The minimum atomic E-state index is -1.19. The number of carbonyl (C=O) groups is 4. The Bertz CT molecular complexity index is 1260. The maximum Gasteiger partial charge on any atom is 0.313 e. The van der Waals surface area contributed by atoms with E-state index in [1.54, 1.807) is 17.1 Å². The number of aliphatic hydroxyl groups is 1. The van der Waals surface area contributed by atoms with Gasteiger partial charge in [-0.05, 0) is 37.7 Å². The molecule has 47 heavy (non-hydrogen) atoms. The maximum atomic E-state index is 14.3. The molecule has 11 heteroatoms. The summed E-state index contributed by atoms with van der Waals surface area (Å²) in [6.07, 6.45) is 6.54. The number of nitrogens with one attached hydrogen (secondary N) is 1. The lowest BCUT2D eigenvalue weighted by molar-refractivity contribution is -0.163. The second-order valence-corrected chi connectivity index (χ2v) is 12.7. The van der Waals surface area contributed by atoms with Crippen molar-refractivity contribution in [1.82, 2.24) is 15.1 Å². The van der Waals surface area contributed by atoms with Crippen LogP contribution in [-0.4, -0.2) is 102 Å². The van der Waals surface area contributed by atoms with Gasteiger partial charge >= 0.3 is 5.97 Å². The van der Waals surface area contributed by atoms with Gasteiger partial charge in [-0.2, -0.15) is 0 Å². The van der Waals surface area contributed by atoms with Gasteiger partial charge in [0.05, 0.1) is 30.6 Å². The second kappa shape index (κ2) is 17.0. The highest BCUT2D eigenvalue weighted by molar-refractivity contribution is 5.98. The molecule has 3 aliphatic heterocycles. The summed E-state index contributed by atoms with van der Waals surface area (Å²) in [7, 11) is 1.51. The molecule has 3 amide bonds. The van der Waals surface area contributed by atoms with Crippen LogP contribution in [0.2, 0.25) is 0 Å². The van der Waals surface area contributed by atoms with Gasteiger partial charge in [-0.25, -0.2) is 0 Å². The van der Waals surface area contributed by atoms with Crippen LogP contribution in [0.15, 0.2) is 55.6 Å². The zero-order chi connectivity index (χ0) is 34.0. The van der Waals surface area contributed by atoms with Crippen molar-refractivity contribution in [1.29, 1.82) is 0 Å². The van der Waals surface area contributed by atoms with Gasteiger partial charge in [-0.15, -0.1) is 13.2 Å². The van der Waals surface area contributed by atoms with Crippen molar-refractivity contribution >= 4 is 23.7 Å². The quantitative estimate of drug-likeness (QED) is 0.124. The molecule has 0 aliphatic carbocycles. The number of ether oxygens (including phenoxy) is 3. The van der Waals surface area contributed by atoms with Crippen molar-refractivity contribution in [2.45, 2.75) is 88.2 Å². The van der Waals surface area contributed by atoms with E-state index in [0.717, 1.165) is 19.3 Å². The number of nitrogens with zero attached hydrogens (tertiary/aromatic N) is 2. The number of fused-ring (bicyclic) bond motifs is 1. The first kappa shape index (κ1) is 36.3. The van der Waals surface area contributed by atoms with Crippen molar-refractivity contribution in [3.8, 4) is 0 Å². The van der Waals surface area contributed by atoms with Crippen molar-refractivity contribution < 1.29 is 38.5 Å². The van der Waals surface area contributed by atoms with Crippen molar-refractivity contribution in [2.75, 3.05) is 40.0 Å². The molecule has 4 rings (SSSR count). The van der Waals surface area contributed by atoms with Crippen LogP contribution in [0.25, 0.3) is 0 Å². The van der Waals surface area contributed by atoms with Gasteiger partial charge in [-0.1, -0.05) is 62.2 Å². The molecule has 1 aromatic carbocycles. The summed E-state index contributed by atoms with van der Waals surface area (Å²) in [5.74, 6) is -3.27. The molecule has 3 aliphatic rings. The fourth-order valence-corrected chi connectivity index (χ4v) is 7.48. The van der Waals surface area contributed by atoms with Crippen LogP contribution in [0.1, 0.15) is 70.0 Å². The van der Waals surface area contributed by atoms with Crippen LogP contribution >= 0.6 is 0 Å². The summed E-state index contributed by atoms with van der Waals surface area (Å²) in [4.78, 5) is 58.9. The normalized spacial score (nSPS) is 25.6. The molecular formula is C36H51N3O8. The van der Waals surface area contributed by atoms with Gasteiger partial charge in [0.1, 0.15) is 17.7 Å². The van der Waals surface area contributed by atoms with E-state index in [9.17, 15) is 24.3 Å². The summed E-state index contributed by atoms with van der Waals surface area (Å²) < 4.78 is 18.3. The Morgan fingerprint density at radius 2 is 1.96 bits per heavy atom. The smallest absolute Gasteiger partial charge is 0.313 e. The Morgan fingerprint density at radius 3 is 2.62 bits per heavy atom. The number of carbonyl (C=O) groups excluding carboxylic acids is 4. The second-order valence-electron chi connectivity index (χ2n) is 12.7. The lowest BCUT2D eigenvalue weighted by Gasteiger charge is -2.37. The molecule has 3 saturated heterocycles. The molecule has 1 spiro atoms. The first-order valence-corrected chi connectivity index (χ1v) is 16.9. The minimum absolute atomic E-state index is 0.0756. The average molecular weight is 654 g/mol. The molecule has 0 radical (unpaired) electrons. The molecule has 7 atom stereocenters. The van der Waals surface area contributed by atoms with Gasteiger partial charge in [0.15, 0.2) is 0 Å². The number of esters is 1. The van der Waals surface area contributed by atoms with Crippen molar-refractivity contribution in [3.05, 3.63) is 61.2 Å². The molecule has 2 bridgehead atoms. The molecule has 1 aromatic rings. The van der Waals surface area contributed by atoms with E-state index in [-0.39, 0.29) is 50.3 Å². The molecular weight excluding hydrogens is 602 g/mol. The molecule has 11 nitrogen and oxygen atoms in total. The molecule has 0 saturated carbocycles. The van der Waals surface area contributed by atoms with Crippen LogP contribution in [0.4, 0.5) is 0 Å². The largest absolute Gasteiger partial charge is 0.455 e. The van der Waals surface area contributed by atoms with E-state index in [0.29, 0.717) is 37.9 Å². The molecule has 3 fully saturated rings. The predicted molar refractivity (Wildman–Crippen MR) is 176 cm³/mol. The van der Waals surface area contributed by atoms with Gasteiger partial charge in [0, 0.05) is 39.8 Å². The number of likely N-dealkylation sites (tertiary alicyclic amines) is 1. The number of allylic oxidation sites excluding steroid dienone is 1. The summed E-state index contributed by atoms with van der Waals surface area (Å²) in [5, 5.41) is 12.6. The Labute approximate surface area is 278 Å². The molecule has 0 aromatic heterocycles. The summed E-state index contributed by atoms with van der Waals surface area (Å²) in [5.41, 5.74) is -0.525. The van der Waals surface area contributed by atoms with Gasteiger partial charge in [-0.3, -0.25) is 19.2 Å². The van der Waals surface area contributed by atoms with Crippen LogP contribution in [0.5, 0.6) is 0 Å². The Kier molecular flexibility index (Phi) is 13.2. The SMILES string of the molecule is C=CCCC(=O)N[C@H](COC)[C@H](OC(=O)[C@@H]1[C@H]2C(=O)N(CCCO)[C@H](C(=O)N(CC=C)CCCCC)[C@]23CC[C@H]1O3)c1ccccc1. The number of aliphatic hydroxyl groups excluding tert-OH is 1. The van der Waals surface area contributed by atoms with Gasteiger partial charge < -0.3 is 34.4 Å². The topological polar surface area (TPSA) is 135 Å². The van der Waals surface area contributed by atoms with Crippen LogP contribution in [0.3, 0.4) is 0 Å². The van der Waals surface area contributed by atoms with Crippen LogP contribution < -0.4 is 5.32 Å². The predicted octanol–water partition coefficient (Wildman–Crippen LogP) is 3.33. The molecule has 2 N–H and O–H groups in total. The zero-order valence-corrected chi connectivity index (χ0v) is 27.8. The average Bonchev–Trinajstić information content (AvgIpc) is 3.72. The lowest BCUT2D eigenvalue weighted by atomic mass is 9.70. The Balaban J connectivity index is 1.66. The Morgan fingerprint density at radius 1 is 1.19 bits per heavy atom. The minimum Gasteiger partial charge on any atom is -0.455 e. The number of hydrogen-bond acceptors (Lipinski definition) is 8. The van der Waals surface area contributed by atoms with E-state index in [1.807, 2.05) is 30.3 Å². The maximum absolute atomic E-state index is 14.3. The third-order valence-electron chi connectivity index (χ3n) is 9.56. The zero-order valence-electron chi connectivity index (χ0n) is 27.8. The number of hydrogen-bond donors (Lipinski definition) is 2. The van der Waals surface area contributed by atoms with Crippen molar-refractivity contribution in [2.24, 2.45) is 11.8 Å². The van der Waals surface area contributed by atoms with Crippen LogP contribution in [0, 0.1) is 11.8 Å². The number of unbranched alkanes of at least 4 members (excludes halogenated alkanes) is 2. The first-order valence-electron chi connectivity index (χ1n) is 16.9. The highest BCUT2D eigenvalue weighted by Gasteiger charge is 2.75. The summed E-state index contributed by atoms with van der Waals surface area (Å²) in [6, 6.07) is 7.48. The van der Waals surface area contributed by atoms with E-state index < -0.39 is 47.7 Å². The number of amides is 3. The highest BCUT2D eigenvalue weighted by Crippen LogP contribution is 2.59. The number of rotatable bonds is 20. The van der Waals surface area contributed by atoms with E-state index in [1.165, 1.54) is 12.0 Å². The fourth-order valence-electron chi connectivity index (χ4n) is 7.48. The highest BCUT2D eigenvalue weighted by atomic mass is 16.6. The van der Waals surface area contributed by atoms with Gasteiger partial charge in [0.25, 0.3) is 0 Å². The van der Waals surface area contributed by atoms with Gasteiger partial charge in [0.2, 0.25) is 17.7 Å². The summed E-state index contributed by atoms with van der Waals surface area (Å²) >= 11 is 0. The third kappa shape index (κ3) is 7.79. The van der Waals surface area contributed by atoms with Crippen LogP contribution in [-0.2, 0) is 33.4 Å². The number of benzene rings is 1. The standard InChI is InChI=1S/C36H51N3O8/c1-5-8-13-21-38(20-7-3)34(43)32-36-19-18-27(47-36)29(30(36)33(42)39(32)22-14-23-40)35(44)46-31(25-15-11-10-12-16-25)26(24-45-4)37-28(41)17-9-6-2/h6-7,10-12,15-16,26-27,29-32,40H,2-3,5,8-9,13-14,17-24H2,1,4H3,(H,37,41)/t26-,27-,29+,30+,31-,32-,36+/m1/s1. The van der Waals surface area contributed by atoms with E-state index >= 15 is 0 Å². The molecule has 0 unspecified atom stereocenters. The van der Waals surface area contributed by atoms with E-state index in [2.05, 4.69) is 25.4 Å². The van der Waals surface area contributed by atoms with Crippen molar-refractivity contribution in [3.63, 3.8) is 0 Å². The molecule has 3 heterocycles. The lowest BCUT2D eigenvalue weighted by Crippen LogP contribution is -2.56. The third-order valence-corrected chi connectivity index (χ3v) is 9.56. The Hall–Kier alpha value is -3.54. The summed E-state index contributed by atoms with van der Waals surface area (Å²) in [6.45, 7) is 10.6. The first-order chi connectivity index (χ1) is 22.8.